The molecule has 2 rings (SSSR count). The van der Waals surface area contributed by atoms with Crippen LogP contribution in [0.3, 0.4) is 0 Å². The van der Waals surface area contributed by atoms with Gasteiger partial charge in [-0.15, -0.1) is 11.3 Å². The molecule has 0 fully saturated rings. The number of carbonyl (C=O) groups is 1. The summed E-state index contributed by atoms with van der Waals surface area (Å²) in [6.45, 7) is 0.537. The maximum atomic E-state index is 11.6. The SMILES string of the molecule is O=C(NCc1ccc(Br)s1)Nc1ccccc1. The topological polar surface area (TPSA) is 41.1 Å². The first kappa shape index (κ1) is 12.1. The van der Waals surface area contributed by atoms with Gasteiger partial charge in [-0.3, -0.25) is 0 Å². The van der Waals surface area contributed by atoms with E-state index in [4.69, 9.17) is 0 Å². The standard InChI is InChI=1S/C12H11BrN2OS/c13-11-7-6-10(17-11)8-14-12(16)15-9-4-2-1-3-5-9/h1-7H,8H2,(H2,14,15,16). The molecule has 0 atom stereocenters. The van der Waals surface area contributed by atoms with Gasteiger partial charge in [-0.1, -0.05) is 18.2 Å². The molecule has 1 aromatic heterocycles. The van der Waals surface area contributed by atoms with Gasteiger partial charge in [-0.05, 0) is 40.2 Å². The minimum Gasteiger partial charge on any atom is -0.333 e. The number of anilines is 1. The Kier molecular flexibility index (Phi) is 4.17. The van der Waals surface area contributed by atoms with Gasteiger partial charge in [0.2, 0.25) is 0 Å². The number of carbonyl (C=O) groups excluding carboxylic acids is 1. The van der Waals surface area contributed by atoms with Crippen molar-refractivity contribution < 1.29 is 4.79 Å². The normalized spacial score (nSPS) is 9.94. The Morgan fingerprint density at radius 3 is 2.59 bits per heavy atom. The molecule has 0 radical (unpaired) electrons. The zero-order valence-electron chi connectivity index (χ0n) is 8.94. The number of benzene rings is 1. The van der Waals surface area contributed by atoms with Gasteiger partial charge in [0.15, 0.2) is 0 Å². The molecule has 2 amide bonds. The van der Waals surface area contributed by atoms with Crippen LogP contribution in [0, 0.1) is 0 Å². The van der Waals surface area contributed by atoms with E-state index >= 15 is 0 Å². The Balaban J connectivity index is 1.82. The van der Waals surface area contributed by atoms with Crippen molar-refractivity contribution in [1.29, 1.82) is 0 Å². The van der Waals surface area contributed by atoms with Crippen molar-refractivity contribution in [2.45, 2.75) is 6.54 Å². The Bertz CT molecular complexity index is 498. The molecule has 0 bridgehead atoms. The van der Waals surface area contributed by atoms with Gasteiger partial charge in [-0.2, -0.15) is 0 Å². The van der Waals surface area contributed by atoms with E-state index in [1.807, 2.05) is 42.5 Å². The maximum absolute atomic E-state index is 11.6. The van der Waals surface area contributed by atoms with Crippen molar-refractivity contribution in [2.75, 3.05) is 5.32 Å². The van der Waals surface area contributed by atoms with E-state index in [0.717, 1.165) is 14.4 Å². The Labute approximate surface area is 112 Å². The summed E-state index contributed by atoms with van der Waals surface area (Å²) < 4.78 is 1.07. The summed E-state index contributed by atoms with van der Waals surface area (Å²) in [6.07, 6.45) is 0. The van der Waals surface area contributed by atoms with Crippen LogP contribution in [0.4, 0.5) is 10.5 Å². The highest BCUT2D eigenvalue weighted by atomic mass is 79.9. The van der Waals surface area contributed by atoms with Crippen LogP contribution < -0.4 is 10.6 Å². The van der Waals surface area contributed by atoms with Crippen LogP contribution in [-0.2, 0) is 6.54 Å². The summed E-state index contributed by atoms with van der Waals surface area (Å²) in [7, 11) is 0. The smallest absolute Gasteiger partial charge is 0.319 e. The fourth-order valence-corrected chi connectivity index (χ4v) is 2.73. The number of thiophene rings is 1. The van der Waals surface area contributed by atoms with Crippen molar-refractivity contribution in [1.82, 2.24) is 5.32 Å². The predicted octanol–water partition coefficient (Wildman–Crippen LogP) is 3.83. The number of hydrogen-bond acceptors (Lipinski definition) is 2. The molecule has 1 aromatic carbocycles. The van der Waals surface area contributed by atoms with Gasteiger partial charge in [0, 0.05) is 10.6 Å². The molecule has 3 nitrogen and oxygen atoms in total. The molecular weight excluding hydrogens is 300 g/mol. The second-order valence-electron chi connectivity index (χ2n) is 3.38. The Morgan fingerprint density at radius 1 is 1.18 bits per heavy atom. The van der Waals surface area contributed by atoms with Gasteiger partial charge in [-0.25, -0.2) is 4.79 Å². The first-order valence-corrected chi connectivity index (χ1v) is 6.69. The van der Waals surface area contributed by atoms with Crippen LogP contribution in [0.25, 0.3) is 0 Å². The van der Waals surface area contributed by atoms with E-state index < -0.39 is 0 Å². The molecule has 0 saturated carbocycles. The van der Waals surface area contributed by atoms with E-state index in [0.29, 0.717) is 6.54 Å². The van der Waals surface area contributed by atoms with Crippen LogP contribution in [0.15, 0.2) is 46.3 Å². The summed E-state index contributed by atoms with van der Waals surface area (Å²) in [5.41, 5.74) is 0.789. The van der Waals surface area contributed by atoms with Crippen molar-refractivity contribution in [2.24, 2.45) is 0 Å². The summed E-state index contributed by atoms with van der Waals surface area (Å²) in [5, 5.41) is 5.56. The molecule has 0 spiro atoms. The molecule has 1 heterocycles. The van der Waals surface area contributed by atoms with Gasteiger partial charge in [0.25, 0.3) is 0 Å². The van der Waals surface area contributed by atoms with E-state index in [1.54, 1.807) is 11.3 Å². The number of halogens is 1. The van der Waals surface area contributed by atoms with Crippen LogP contribution in [0.5, 0.6) is 0 Å². The van der Waals surface area contributed by atoms with Gasteiger partial charge >= 0.3 is 6.03 Å². The highest BCUT2D eigenvalue weighted by Crippen LogP contribution is 2.21. The minimum atomic E-state index is -0.194. The summed E-state index contributed by atoms with van der Waals surface area (Å²) >= 11 is 4.99. The maximum Gasteiger partial charge on any atom is 0.319 e. The average molecular weight is 311 g/mol. The highest BCUT2D eigenvalue weighted by molar-refractivity contribution is 9.11. The third-order valence-electron chi connectivity index (χ3n) is 2.08. The van der Waals surface area contributed by atoms with Gasteiger partial charge < -0.3 is 10.6 Å². The monoisotopic (exact) mass is 310 g/mol. The molecule has 2 N–H and O–H groups in total. The van der Waals surface area contributed by atoms with Crippen LogP contribution >= 0.6 is 27.3 Å². The van der Waals surface area contributed by atoms with Crippen molar-refractivity contribution in [3.05, 3.63) is 51.1 Å². The predicted molar refractivity (Wildman–Crippen MR) is 74.3 cm³/mol. The molecular formula is C12H11BrN2OS. The van der Waals surface area contributed by atoms with Crippen LogP contribution in [-0.4, -0.2) is 6.03 Å². The van der Waals surface area contributed by atoms with Crippen molar-refractivity contribution in [3.63, 3.8) is 0 Å². The largest absolute Gasteiger partial charge is 0.333 e. The summed E-state index contributed by atoms with van der Waals surface area (Å²) in [6, 6.07) is 13.1. The number of urea groups is 1. The molecule has 0 saturated heterocycles. The number of para-hydroxylation sites is 1. The lowest BCUT2D eigenvalue weighted by molar-refractivity contribution is 0.252. The zero-order chi connectivity index (χ0) is 12.1. The minimum absolute atomic E-state index is 0.194. The molecule has 88 valence electrons. The number of nitrogens with one attached hydrogen (secondary N) is 2. The van der Waals surface area contributed by atoms with Crippen molar-refractivity contribution >= 4 is 39.0 Å². The van der Waals surface area contributed by atoms with Gasteiger partial charge in [0.05, 0.1) is 10.3 Å². The van der Waals surface area contributed by atoms with Crippen LogP contribution in [0.2, 0.25) is 0 Å². The molecule has 0 aliphatic carbocycles. The Morgan fingerprint density at radius 2 is 1.94 bits per heavy atom. The van der Waals surface area contributed by atoms with Gasteiger partial charge in [0.1, 0.15) is 0 Å². The number of hydrogen-bond donors (Lipinski definition) is 2. The lowest BCUT2D eigenvalue weighted by atomic mass is 10.3. The van der Waals surface area contributed by atoms with Crippen molar-refractivity contribution in [3.8, 4) is 0 Å². The fourth-order valence-electron chi connectivity index (χ4n) is 1.31. The van der Waals surface area contributed by atoms with E-state index in [1.165, 1.54) is 0 Å². The highest BCUT2D eigenvalue weighted by Gasteiger charge is 2.02. The number of rotatable bonds is 3. The van der Waals surface area contributed by atoms with E-state index in [-0.39, 0.29) is 6.03 Å². The third-order valence-corrected chi connectivity index (χ3v) is 3.71. The zero-order valence-corrected chi connectivity index (χ0v) is 11.3. The first-order valence-electron chi connectivity index (χ1n) is 5.08. The number of amides is 2. The molecule has 17 heavy (non-hydrogen) atoms. The van der Waals surface area contributed by atoms with E-state index in [2.05, 4.69) is 26.6 Å². The summed E-state index contributed by atoms with van der Waals surface area (Å²) in [4.78, 5) is 12.7. The second-order valence-corrected chi connectivity index (χ2v) is 5.93. The fraction of sp³-hybridized carbons (Fsp3) is 0.0833. The molecule has 5 heteroatoms. The van der Waals surface area contributed by atoms with Crippen LogP contribution in [0.1, 0.15) is 4.88 Å². The molecule has 0 unspecified atom stereocenters. The lowest BCUT2D eigenvalue weighted by Crippen LogP contribution is -2.27. The molecule has 0 aliphatic rings. The first-order chi connectivity index (χ1) is 8.24. The summed E-state index contributed by atoms with van der Waals surface area (Å²) in [5.74, 6) is 0. The second kappa shape index (κ2) is 5.84. The average Bonchev–Trinajstić information content (AvgIpc) is 2.74. The van der Waals surface area contributed by atoms with E-state index in [9.17, 15) is 4.79 Å². The third kappa shape index (κ3) is 3.87. The lowest BCUT2D eigenvalue weighted by Gasteiger charge is -2.06. The molecule has 0 aliphatic heterocycles. The Hall–Kier alpha value is -1.33. The quantitative estimate of drug-likeness (QED) is 0.888. The molecule has 2 aromatic rings.